The predicted molar refractivity (Wildman–Crippen MR) is 153 cm³/mol. The fraction of sp³-hybridized carbons (Fsp3) is 0.233. The van der Waals surface area contributed by atoms with Crippen LogP contribution < -0.4 is 5.32 Å². The Balaban J connectivity index is 1.55. The zero-order valence-corrected chi connectivity index (χ0v) is 23.6. The van der Waals surface area contributed by atoms with Crippen molar-refractivity contribution in [2.45, 2.75) is 46.4 Å². The van der Waals surface area contributed by atoms with E-state index in [-0.39, 0.29) is 24.6 Å². The Morgan fingerprint density at radius 2 is 1.67 bits per heavy atom. The maximum atomic E-state index is 13.0. The Morgan fingerprint density at radius 3 is 2.28 bits per heavy atom. The van der Waals surface area contributed by atoms with Crippen LogP contribution in [0.25, 0.3) is 16.9 Å². The third-order valence-corrected chi connectivity index (χ3v) is 6.99. The summed E-state index contributed by atoms with van der Waals surface area (Å²) >= 11 is 12.7. The van der Waals surface area contributed by atoms with E-state index in [2.05, 4.69) is 5.32 Å². The number of aromatic carboxylic acids is 1. The van der Waals surface area contributed by atoms with Gasteiger partial charge in [-0.2, -0.15) is 5.10 Å². The molecule has 2 N–H and O–H groups in total. The van der Waals surface area contributed by atoms with Crippen LogP contribution >= 0.6 is 23.2 Å². The van der Waals surface area contributed by atoms with Crippen molar-refractivity contribution in [3.8, 4) is 16.9 Å². The first-order chi connectivity index (χ1) is 18.5. The van der Waals surface area contributed by atoms with Gasteiger partial charge < -0.3 is 15.2 Å². The smallest absolute Gasteiger partial charge is 0.335 e. The van der Waals surface area contributed by atoms with Crippen LogP contribution in [-0.4, -0.2) is 32.4 Å². The number of aryl methyl sites for hydroxylation is 1. The summed E-state index contributed by atoms with van der Waals surface area (Å²) in [6.45, 7) is 7.72. The van der Waals surface area contributed by atoms with Crippen LogP contribution in [0.1, 0.15) is 46.6 Å². The second kappa shape index (κ2) is 11.6. The fourth-order valence-corrected chi connectivity index (χ4v) is 4.52. The van der Waals surface area contributed by atoms with Gasteiger partial charge in [0.25, 0.3) is 5.91 Å². The summed E-state index contributed by atoms with van der Waals surface area (Å²) in [6.07, 6.45) is 0. The minimum absolute atomic E-state index is 0.0939. The van der Waals surface area contributed by atoms with Crippen molar-refractivity contribution in [2.24, 2.45) is 0 Å². The third kappa shape index (κ3) is 6.50. The molecule has 0 spiro atoms. The van der Waals surface area contributed by atoms with Crippen molar-refractivity contribution >= 4 is 35.1 Å². The summed E-state index contributed by atoms with van der Waals surface area (Å²) < 4.78 is 7.87. The van der Waals surface area contributed by atoms with Gasteiger partial charge in [-0.3, -0.25) is 4.79 Å². The number of benzene rings is 3. The van der Waals surface area contributed by atoms with E-state index in [4.69, 9.17) is 38.1 Å². The number of carboxylic acid groups (broad SMARTS) is 1. The van der Waals surface area contributed by atoms with E-state index >= 15 is 0 Å². The van der Waals surface area contributed by atoms with Gasteiger partial charge in [0.15, 0.2) is 0 Å². The maximum absolute atomic E-state index is 13.0. The third-order valence-electron chi connectivity index (χ3n) is 6.45. The number of nitrogens with zero attached hydrogens (tertiary/aromatic N) is 2. The minimum Gasteiger partial charge on any atom is -0.478 e. The lowest BCUT2D eigenvalue weighted by Gasteiger charge is -2.24. The molecule has 0 saturated heterocycles. The highest BCUT2D eigenvalue weighted by atomic mass is 35.5. The van der Waals surface area contributed by atoms with Crippen molar-refractivity contribution < 1.29 is 19.4 Å². The van der Waals surface area contributed by atoms with Gasteiger partial charge in [0, 0.05) is 22.7 Å². The zero-order chi connectivity index (χ0) is 28.3. The van der Waals surface area contributed by atoms with Gasteiger partial charge in [-0.05, 0) is 63.6 Å². The van der Waals surface area contributed by atoms with Crippen LogP contribution in [0.5, 0.6) is 0 Å². The highest BCUT2D eigenvalue weighted by molar-refractivity contribution is 6.35. The molecule has 0 aliphatic carbocycles. The number of carbonyl (C=O) groups excluding carboxylic acids is 1. The lowest BCUT2D eigenvalue weighted by atomic mass is 10.0. The average Bonchev–Trinajstić information content (AvgIpc) is 3.22. The topological polar surface area (TPSA) is 93.4 Å². The van der Waals surface area contributed by atoms with Crippen molar-refractivity contribution in [3.05, 3.63) is 105 Å². The molecular weight excluding hydrogens is 537 g/mol. The average molecular weight is 566 g/mol. The summed E-state index contributed by atoms with van der Waals surface area (Å²) in [7, 11) is 0. The largest absolute Gasteiger partial charge is 0.478 e. The normalized spacial score (nSPS) is 11.4. The van der Waals surface area contributed by atoms with Crippen LogP contribution in [0.3, 0.4) is 0 Å². The molecule has 0 bridgehead atoms. The molecule has 4 rings (SSSR count). The Kier molecular flexibility index (Phi) is 8.45. The monoisotopic (exact) mass is 565 g/mol. The van der Waals surface area contributed by atoms with Gasteiger partial charge >= 0.3 is 5.97 Å². The fourth-order valence-electron chi connectivity index (χ4n) is 4.03. The molecule has 202 valence electrons. The number of carboxylic acids is 1. The number of ether oxygens (including phenoxy) is 1. The van der Waals surface area contributed by atoms with Crippen molar-refractivity contribution in [2.75, 3.05) is 0 Å². The van der Waals surface area contributed by atoms with Gasteiger partial charge in [-0.1, -0.05) is 65.2 Å². The highest BCUT2D eigenvalue weighted by Gasteiger charge is 2.30. The van der Waals surface area contributed by atoms with E-state index in [1.165, 1.54) is 12.1 Å². The van der Waals surface area contributed by atoms with Crippen LogP contribution in [0.15, 0.2) is 66.7 Å². The van der Waals surface area contributed by atoms with E-state index in [1.54, 1.807) is 42.8 Å². The summed E-state index contributed by atoms with van der Waals surface area (Å²) in [4.78, 5) is 24.0. The van der Waals surface area contributed by atoms with E-state index in [9.17, 15) is 9.59 Å². The van der Waals surface area contributed by atoms with Crippen LogP contribution in [0.2, 0.25) is 10.0 Å². The van der Waals surface area contributed by atoms with Gasteiger partial charge in [0.1, 0.15) is 5.60 Å². The first-order valence-electron chi connectivity index (χ1n) is 12.3. The van der Waals surface area contributed by atoms with Gasteiger partial charge in [0.2, 0.25) is 0 Å². The molecule has 3 aromatic carbocycles. The summed E-state index contributed by atoms with van der Waals surface area (Å²) in [5.74, 6) is -1.30. The molecule has 39 heavy (non-hydrogen) atoms. The number of carbonyl (C=O) groups is 2. The van der Waals surface area contributed by atoms with E-state index < -0.39 is 11.6 Å². The molecule has 4 aromatic rings. The van der Waals surface area contributed by atoms with Crippen molar-refractivity contribution in [1.82, 2.24) is 15.1 Å². The highest BCUT2D eigenvalue weighted by Crippen LogP contribution is 2.33. The first-order valence-corrected chi connectivity index (χ1v) is 13.1. The molecule has 1 aromatic heterocycles. The molecule has 1 amide bonds. The summed E-state index contributed by atoms with van der Waals surface area (Å²) in [6, 6.07) is 19.7. The van der Waals surface area contributed by atoms with Crippen LogP contribution in [0, 0.1) is 13.8 Å². The Bertz CT molecular complexity index is 1510. The predicted octanol–water partition coefficient (Wildman–Crippen LogP) is 6.77. The van der Waals surface area contributed by atoms with Crippen molar-refractivity contribution in [1.29, 1.82) is 0 Å². The van der Waals surface area contributed by atoms with Gasteiger partial charge in [-0.15, -0.1) is 0 Å². The second-order valence-corrected chi connectivity index (χ2v) is 10.6. The molecule has 0 aliphatic heterocycles. The number of halogens is 2. The molecule has 0 aliphatic rings. The summed E-state index contributed by atoms with van der Waals surface area (Å²) in [5, 5.41) is 17.7. The molecule has 0 atom stereocenters. The van der Waals surface area contributed by atoms with Crippen LogP contribution in [-0.2, 0) is 22.7 Å². The number of hydrogen-bond acceptors (Lipinski definition) is 4. The first kappa shape index (κ1) is 28.4. The summed E-state index contributed by atoms with van der Waals surface area (Å²) in [5.41, 5.74) is 5.03. The quantitative estimate of drug-likeness (QED) is 0.233. The van der Waals surface area contributed by atoms with Crippen molar-refractivity contribution in [3.63, 3.8) is 0 Å². The number of rotatable bonds is 9. The lowest BCUT2D eigenvalue weighted by Crippen LogP contribution is -2.43. The number of hydrogen-bond donors (Lipinski definition) is 2. The molecule has 9 heteroatoms. The van der Waals surface area contributed by atoms with Crippen LogP contribution in [0.4, 0.5) is 0 Å². The number of nitrogens with one attached hydrogen (secondary N) is 1. The standard InChI is InChI=1S/C30H29Cl2N3O4/c1-18-5-9-21(10-6-18)27-19(2)25(34-35(27)26-14-13-23(31)15-24(26)32)17-39-30(3,4)29(38)33-16-20-7-11-22(12-8-20)28(36)37/h5-15H,16-17H2,1-4H3,(H,33,38)(H,36,37). The van der Waals surface area contributed by atoms with Gasteiger partial charge in [-0.25, -0.2) is 9.48 Å². The molecular formula is C30H29Cl2N3O4. The minimum atomic E-state index is -1.15. The molecule has 1 heterocycles. The zero-order valence-electron chi connectivity index (χ0n) is 22.1. The molecule has 0 fully saturated rings. The SMILES string of the molecule is Cc1ccc(-c2c(C)c(COC(C)(C)C(=O)NCc3ccc(C(=O)O)cc3)nn2-c2ccc(Cl)cc2Cl)cc1. The van der Waals surface area contributed by atoms with E-state index in [0.717, 1.165) is 27.9 Å². The van der Waals surface area contributed by atoms with E-state index in [0.29, 0.717) is 21.4 Å². The van der Waals surface area contributed by atoms with E-state index in [1.807, 2.05) is 44.2 Å². The Morgan fingerprint density at radius 1 is 1.00 bits per heavy atom. The molecule has 0 unspecified atom stereocenters. The second-order valence-electron chi connectivity index (χ2n) is 9.78. The molecule has 0 saturated carbocycles. The Labute approximate surface area is 237 Å². The van der Waals surface area contributed by atoms with Gasteiger partial charge in [0.05, 0.1) is 34.3 Å². The Hall–Kier alpha value is -3.65. The number of amides is 1. The molecule has 0 radical (unpaired) electrons. The lowest BCUT2D eigenvalue weighted by molar-refractivity contribution is -0.144. The number of aromatic nitrogens is 2. The molecule has 7 nitrogen and oxygen atoms in total. The maximum Gasteiger partial charge on any atom is 0.335 e.